The smallest absolute Gasteiger partial charge is 0.214 e. The Morgan fingerprint density at radius 2 is 2.12 bits per heavy atom. The third kappa shape index (κ3) is 2.16. The van der Waals surface area contributed by atoms with Gasteiger partial charge >= 0.3 is 0 Å². The molecule has 92 valence electrons. The van der Waals surface area contributed by atoms with Crippen molar-refractivity contribution in [3.05, 3.63) is 24.2 Å². The zero-order valence-electron chi connectivity index (χ0n) is 10.0. The maximum atomic E-state index is 12.2. The Bertz CT molecular complexity index is 385. The molecular weight excluding hydrogens is 214 g/mol. The van der Waals surface area contributed by atoms with E-state index in [1.54, 1.807) is 18.4 Å². The number of carbonyl (C=O) groups excluding carboxylic acids is 1. The Hall–Kier alpha value is -1.09. The molecular formula is C14H19NO2. The SMILES string of the molecule is O=C(c1ccco1)C1CCC2CCCCC2N1. The van der Waals surface area contributed by atoms with E-state index in [2.05, 4.69) is 5.32 Å². The van der Waals surface area contributed by atoms with Crippen LogP contribution in [-0.4, -0.2) is 17.9 Å². The molecule has 3 unspecified atom stereocenters. The zero-order chi connectivity index (χ0) is 11.7. The summed E-state index contributed by atoms with van der Waals surface area (Å²) in [5.41, 5.74) is 0. The molecule has 0 bridgehead atoms. The van der Waals surface area contributed by atoms with Gasteiger partial charge < -0.3 is 9.73 Å². The second-order valence-electron chi connectivity index (χ2n) is 5.29. The van der Waals surface area contributed by atoms with E-state index in [1.165, 1.54) is 32.1 Å². The molecule has 2 heterocycles. The third-order valence-electron chi connectivity index (χ3n) is 4.23. The van der Waals surface area contributed by atoms with Gasteiger partial charge in [-0.1, -0.05) is 12.8 Å². The van der Waals surface area contributed by atoms with Crippen molar-refractivity contribution in [2.24, 2.45) is 5.92 Å². The van der Waals surface area contributed by atoms with E-state index in [9.17, 15) is 4.79 Å². The van der Waals surface area contributed by atoms with Gasteiger partial charge in [-0.2, -0.15) is 0 Å². The van der Waals surface area contributed by atoms with E-state index in [-0.39, 0.29) is 11.8 Å². The minimum atomic E-state index is -0.0273. The number of Topliss-reactive ketones (excluding diaryl/α,β-unsaturated/α-hetero) is 1. The van der Waals surface area contributed by atoms with E-state index >= 15 is 0 Å². The summed E-state index contributed by atoms with van der Waals surface area (Å²) < 4.78 is 5.20. The number of fused-ring (bicyclic) bond motifs is 1. The third-order valence-corrected chi connectivity index (χ3v) is 4.23. The number of carbonyl (C=O) groups is 1. The number of nitrogens with one attached hydrogen (secondary N) is 1. The molecule has 3 rings (SSSR count). The molecule has 1 aromatic rings. The van der Waals surface area contributed by atoms with E-state index in [0.717, 1.165) is 12.3 Å². The van der Waals surface area contributed by atoms with Crippen molar-refractivity contribution in [3.63, 3.8) is 0 Å². The van der Waals surface area contributed by atoms with Crippen LogP contribution in [0.2, 0.25) is 0 Å². The molecule has 1 saturated heterocycles. The van der Waals surface area contributed by atoms with Crippen LogP contribution in [0.4, 0.5) is 0 Å². The quantitative estimate of drug-likeness (QED) is 0.799. The summed E-state index contributed by atoms with van der Waals surface area (Å²) >= 11 is 0. The van der Waals surface area contributed by atoms with Gasteiger partial charge in [0.15, 0.2) is 5.76 Å². The zero-order valence-corrected chi connectivity index (χ0v) is 10.0. The van der Waals surface area contributed by atoms with Gasteiger partial charge in [0.05, 0.1) is 12.3 Å². The number of hydrogen-bond acceptors (Lipinski definition) is 3. The van der Waals surface area contributed by atoms with E-state index < -0.39 is 0 Å². The van der Waals surface area contributed by atoms with Crippen molar-refractivity contribution < 1.29 is 9.21 Å². The van der Waals surface area contributed by atoms with Crippen LogP contribution < -0.4 is 5.32 Å². The summed E-state index contributed by atoms with van der Waals surface area (Å²) in [4.78, 5) is 12.2. The van der Waals surface area contributed by atoms with Crippen LogP contribution in [0.25, 0.3) is 0 Å². The van der Waals surface area contributed by atoms with Gasteiger partial charge in [-0.3, -0.25) is 4.79 Å². The van der Waals surface area contributed by atoms with Crippen molar-refractivity contribution in [2.45, 2.75) is 50.6 Å². The highest BCUT2D eigenvalue weighted by Crippen LogP contribution is 2.32. The van der Waals surface area contributed by atoms with Crippen molar-refractivity contribution in [2.75, 3.05) is 0 Å². The van der Waals surface area contributed by atoms with Crippen molar-refractivity contribution in [3.8, 4) is 0 Å². The largest absolute Gasteiger partial charge is 0.461 e. The van der Waals surface area contributed by atoms with Gasteiger partial charge in [0.1, 0.15) is 0 Å². The van der Waals surface area contributed by atoms with Gasteiger partial charge in [0, 0.05) is 6.04 Å². The molecule has 1 saturated carbocycles. The van der Waals surface area contributed by atoms with E-state index in [4.69, 9.17) is 4.42 Å². The fourth-order valence-electron chi connectivity index (χ4n) is 3.29. The number of furan rings is 1. The van der Waals surface area contributed by atoms with Crippen molar-refractivity contribution in [1.29, 1.82) is 0 Å². The predicted octanol–water partition coefficient (Wildman–Crippen LogP) is 2.77. The number of piperidine rings is 1. The molecule has 3 heteroatoms. The van der Waals surface area contributed by atoms with Crippen LogP contribution in [0, 0.1) is 5.92 Å². The lowest BCUT2D eigenvalue weighted by Crippen LogP contribution is -2.51. The van der Waals surface area contributed by atoms with Gasteiger partial charge in [-0.05, 0) is 43.7 Å². The van der Waals surface area contributed by atoms with Crippen LogP contribution in [0.5, 0.6) is 0 Å². The summed E-state index contributed by atoms with van der Waals surface area (Å²) in [6.45, 7) is 0. The Balaban J connectivity index is 1.67. The summed E-state index contributed by atoms with van der Waals surface area (Å²) in [5, 5.41) is 3.53. The molecule has 17 heavy (non-hydrogen) atoms. The molecule has 1 aliphatic carbocycles. The fourth-order valence-corrected chi connectivity index (χ4v) is 3.29. The number of hydrogen-bond donors (Lipinski definition) is 1. The van der Waals surface area contributed by atoms with Crippen LogP contribution in [0.15, 0.2) is 22.8 Å². The molecule has 2 aliphatic rings. The minimum absolute atomic E-state index is 0.0273. The number of ketones is 1. The first-order valence-electron chi connectivity index (χ1n) is 6.68. The Morgan fingerprint density at radius 1 is 1.24 bits per heavy atom. The Kier molecular flexibility index (Phi) is 3.02. The molecule has 1 aliphatic heterocycles. The first kappa shape index (κ1) is 11.0. The van der Waals surface area contributed by atoms with Gasteiger partial charge in [-0.25, -0.2) is 0 Å². The summed E-state index contributed by atoms with van der Waals surface area (Å²) in [6.07, 6.45) is 8.94. The van der Waals surface area contributed by atoms with Crippen LogP contribution >= 0.6 is 0 Å². The van der Waals surface area contributed by atoms with Crippen LogP contribution in [0.1, 0.15) is 49.1 Å². The number of rotatable bonds is 2. The summed E-state index contributed by atoms with van der Waals surface area (Å²) in [7, 11) is 0. The predicted molar refractivity (Wildman–Crippen MR) is 64.9 cm³/mol. The van der Waals surface area contributed by atoms with Crippen molar-refractivity contribution in [1.82, 2.24) is 5.32 Å². The minimum Gasteiger partial charge on any atom is -0.461 e. The van der Waals surface area contributed by atoms with E-state index in [1.807, 2.05) is 0 Å². The topological polar surface area (TPSA) is 42.2 Å². The first-order chi connectivity index (χ1) is 8.34. The molecule has 0 amide bonds. The maximum Gasteiger partial charge on any atom is 0.214 e. The fraction of sp³-hybridized carbons (Fsp3) is 0.643. The second kappa shape index (κ2) is 4.65. The second-order valence-corrected chi connectivity index (χ2v) is 5.29. The standard InChI is InChI=1S/C14H19NO2/c16-14(13-6-3-9-17-13)12-8-7-10-4-1-2-5-11(10)15-12/h3,6,9-12,15H,1-2,4-5,7-8H2. The normalized spacial score (nSPS) is 33.1. The molecule has 1 N–H and O–H groups in total. The highest BCUT2D eigenvalue weighted by atomic mass is 16.3. The van der Waals surface area contributed by atoms with Crippen LogP contribution in [0.3, 0.4) is 0 Å². The highest BCUT2D eigenvalue weighted by molar-refractivity contribution is 5.97. The lowest BCUT2D eigenvalue weighted by molar-refractivity contribution is 0.0834. The van der Waals surface area contributed by atoms with Crippen LogP contribution in [-0.2, 0) is 0 Å². The Labute approximate surface area is 102 Å². The summed E-state index contributed by atoms with van der Waals surface area (Å²) in [6, 6.07) is 4.07. The maximum absolute atomic E-state index is 12.2. The average molecular weight is 233 g/mol. The Morgan fingerprint density at radius 3 is 2.94 bits per heavy atom. The molecule has 1 aromatic heterocycles. The molecule has 0 aromatic carbocycles. The molecule has 2 fully saturated rings. The molecule has 0 spiro atoms. The first-order valence-corrected chi connectivity index (χ1v) is 6.68. The average Bonchev–Trinajstić information content (AvgIpc) is 2.91. The van der Waals surface area contributed by atoms with Crippen molar-refractivity contribution >= 4 is 5.78 Å². The molecule has 3 atom stereocenters. The van der Waals surface area contributed by atoms with Gasteiger partial charge in [0.2, 0.25) is 5.78 Å². The highest BCUT2D eigenvalue weighted by Gasteiger charge is 2.35. The lowest BCUT2D eigenvalue weighted by atomic mass is 9.77. The van der Waals surface area contributed by atoms with E-state index in [0.29, 0.717) is 11.8 Å². The van der Waals surface area contributed by atoms with Gasteiger partial charge in [-0.15, -0.1) is 0 Å². The monoisotopic (exact) mass is 233 g/mol. The summed E-state index contributed by atoms with van der Waals surface area (Å²) in [5.74, 6) is 1.42. The van der Waals surface area contributed by atoms with Gasteiger partial charge in [0.25, 0.3) is 0 Å². The molecule has 0 radical (unpaired) electrons. The molecule has 3 nitrogen and oxygen atoms in total. The lowest BCUT2D eigenvalue weighted by Gasteiger charge is -2.39.